The van der Waals surface area contributed by atoms with E-state index in [9.17, 15) is 15.2 Å². The van der Waals surface area contributed by atoms with Gasteiger partial charge in [0.2, 0.25) is 0 Å². The molecule has 0 spiro atoms. The van der Waals surface area contributed by atoms with Crippen molar-refractivity contribution in [2.75, 3.05) is 7.11 Å². The van der Waals surface area contributed by atoms with Crippen LogP contribution in [0.25, 0.3) is 21.9 Å². The number of aromatic hydroxyl groups is 1. The number of nitriles is 1. The molecule has 0 bridgehead atoms. The van der Waals surface area contributed by atoms with Crippen molar-refractivity contribution in [3.05, 3.63) is 50.4 Å². The minimum atomic E-state index is -0.196. The number of benzene rings is 1. The Morgan fingerprint density at radius 2 is 2.22 bits per heavy atom. The van der Waals surface area contributed by atoms with Crippen molar-refractivity contribution in [3.63, 3.8) is 0 Å². The predicted octanol–water partition coefficient (Wildman–Crippen LogP) is 3.64. The van der Waals surface area contributed by atoms with Gasteiger partial charge in [-0.2, -0.15) is 5.26 Å². The van der Waals surface area contributed by atoms with Crippen LogP contribution < -0.4 is 10.3 Å². The summed E-state index contributed by atoms with van der Waals surface area (Å²) in [5.74, 6) is 0.579. The summed E-state index contributed by atoms with van der Waals surface area (Å²) >= 11 is 1.55. The highest BCUT2D eigenvalue weighted by Gasteiger charge is 2.20. The molecule has 1 aromatic carbocycles. The third-order valence-corrected chi connectivity index (χ3v) is 5.90. The van der Waals surface area contributed by atoms with Crippen LogP contribution in [-0.4, -0.2) is 22.2 Å². The molecule has 136 valence electrons. The molecular weight excluding hydrogens is 362 g/mol. The summed E-state index contributed by atoms with van der Waals surface area (Å²) in [5, 5.41) is 20.0. The van der Waals surface area contributed by atoms with E-state index in [4.69, 9.17) is 4.74 Å². The first kappa shape index (κ1) is 17.3. The fourth-order valence-corrected chi connectivity index (χ4v) is 4.66. The van der Waals surface area contributed by atoms with Gasteiger partial charge in [-0.1, -0.05) is 6.07 Å². The molecule has 0 aliphatic heterocycles. The van der Waals surface area contributed by atoms with Crippen LogP contribution in [0.4, 0.5) is 0 Å². The van der Waals surface area contributed by atoms with Gasteiger partial charge in [0.15, 0.2) is 17.3 Å². The van der Waals surface area contributed by atoms with Crippen LogP contribution in [0, 0.1) is 11.3 Å². The third-order valence-electron chi connectivity index (χ3n) is 4.72. The highest BCUT2D eigenvalue weighted by atomic mass is 32.1. The highest BCUT2D eigenvalue weighted by Crippen LogP contribution is 2.34. The van der Waals surface area contributed by atoms with E-state index in [0.29, 0.717) is 21.5 Å². The summed E-state index contributed by atoms with van der Waals surface area (Å²) in [5.41, 5.74) is 1.83. The number of methoxy groups -OCH3 is 1. The number of aromatic amines is 1. The highest BCUT2D eigenvalue weighted by molar-refractivity contribution is 7.18. The number of phenolic OH excluding ortho intramolecular Hbond substituents is 1. The molecule has 1 aliphatic carbocycles. The zero-order valence-corrected chi connectivity index (χ0v) is 15.5. The average molecular weight is 379 g/mol. The van der Waals surface area contributed by atoms with E-state index in [0.717, 1.165) is 31.2 Å². The summed E-state index contributed by atoms with van der Waals surface area (Å²) < 4.78 is 5.10. The normalized spacial score (nSPS) is 14.0. The molecule has 0 saturated carbocycles. The molecule has 0 fully saturated rings. The van der Waals surface area contributed by atoms with Crippen LogP contribution in [0.1, 0.15) is 34.7 Å². The van der Waals surface area contributed by atoms with E-state index in [1.165, 1.54) is 18.1 Å². The van der Waals surface area contributed by atoms with Crippen LogP contribution in [-0.2, 0) is 12.8 Å². The van der Waals surface area contributed by atoms with Crippen molar-refractivity contribution in [1.82, 2.24) is 9.97 Å². The molecule has 7 heteroatoms. The van der Waals surface area contributed by atoms with Crippen molar-refractivity contribution in [2.45, 2.75) is 25.7 Å². The first-order chi connectivity index (χ1) is 13.1. The van der Waals surface area contributed by atoms with Crippen LogP contribution in [0.5, 0.6) is 11.5 Å². The van der Waals surface area contributed by atoms with E-state index in [-0.39, 0.29) is 22.7 Å². The number of thiophene rings is 1. The number of fused-ring (bicyclic) bond motifs is 3. The molecule has 6 nitrogen and oxygen atoms in total. The van der Waals surface area contributed by atoms with Crippen molar-refractivity contribution >= 4 is 33.2 Å². The second kappa shape index (κ2) is 6.89. The standard InChI is InChI=1S/C20H17N3O3S/c1-26-15-9-11(6-7-14(15)24)8-12(10-21)18-22-19(25)17-13-4-2-3-5-16(13)27-20(17)23-18/h6-9,24H,2-5H2,1H3,(H,22,23,25)/b12-8+. The Hall–Kier alpha value is -3.11. The third kappa shape index (κ3) is 3.09. The molecule has 0 unspecified atom stereocenters. The number of nitrogens with one attached hydrogen (secondary N) is 1. The summed E-state index contributed by atoms with van der Waals surface area (Å²) in [6.07, 6.45) is 5.73. The quantitative estimate of drug-likeness (QED) is 0.677. The summed E-state index contributed by atoms with van der Waals surface area (Å²) in [4.78, 5) is 21.9. The second-order valence-electron chi connectivity index (χ2n) is 6.41. The van der Waals surface area contributed by atoms with Gasteiger partial charge in [-0.05, 0) is 55.0 Å². The van der Waals surface area contributed by atoms with Gasteiger partial charge < -0.3 is 14.8 Å². The maximum Gasteiger partial charge on any atom is 0.260 e. The molecule has 0 radical (unpaired) electrons. The number of rotatable bonds is 3. The van der Waals surface area contributed by atoms with Crippen molar-refractivity contribution in [2.24, 2.45) is 0 Å². The molecule has 4 rings (SSSR count). The average Bonchev–Trinajstić information content (AvgIpc) is 3.06. The number of nitrogens with zero attached hydrogens (tertiary/aromatic N) is 2. The van der Waals surface area contributed by atoms with Crippen LogP contribution in [0.3, 0.4) is 0 Å². The molecule has 1 aliphatic rings. The van der Waals surface area contributed by atoms with Crippen molar-refractivity contribution in [1.29, 1.82) is 5.26 Å². The molecule has 0 saturated heterocycles. The molecule has 2 aromatic heterocycles. The number of aromatic nitrogens is 2. The van der Waals surface area contributed by atoms with Crippen molar-refractivity contribution < 1.29 is 9.84 Å². The van der Waals surface area contributed by atoms with Crippen LogP contribution >= 0.6 is 11.3 Å². The van der Waals surface area contributed by atoms with E-state index in [2.05, 4.69) is 16.0 Å². The Morgan fingerprint density at radius 1 is 1.41 bits per heavy atom. The van der Waals surface area contributed by atoms with Crippen LogP contribution in [0.2, 0.25) is 0 Å². The fourth-order valence-electron chi connectivity index (χ4n) is 3.40. The Morgan fingerprint density at radius 3 is 3.00 bits per heavy atom. The first-order valence-corrected chi connectivity index (χ1v) is 9.46. The lowest BCUT2D eigenvalue weighted by Gasteiger charge is -2.09. The lowest BCUT2D eigenvalue weighted by molar-refractivity contribution is 0.373. The molecule has 2 N–H and O–H groups in total. The number of phenols is 1. The van der Waals surface area contributed by atoms with E-state index >= 15 is 0 Å². The lowest BCUT2D eigenvalue weighted by atomic mass is 9.97. The zero-order valence-electron chi connectivity index (χ0n) is 14.7. The largest absolute Gasteiger partial charge is 0.504 e. The van der Waals surface area contributed by atoms with Gasteiger partial charge in [-0.3, -0.25) is 4.79 Å². The van der Waals surface area contributed by atoms with Gasteiger partial charge in [-0.25, -0.2) is 4.98 Å². The SMILES string of the molecule is COc1cc(/C=C(\C#N)c2nc3sc4c(c3c(=O)[nH]2)CCCC4)ccc1O. The van der Waals surface area contributed by atoms with Gasteiger partial charge in [0.25, 0.3) is 5.56 Å². The Balaban J connectivity index is 1.82. The van der Waals surface area contributed by atoms with Crippen LogP contribution in [0.15, 0.2) is 23.0 Å². The van der Waals surface area contributed by atoms with Gasteiger partial charge in [-0.15, -0.1) is 11.3 Å². The van der Waals surface area contributed by atoms with Gasteiger partial charge in [0.05, 0.1) is 18.1 Å². The number of aryl methyl sites for hydroxylation is 2. The topological polar surface area (TPSA) is 99.0 Å². The summed E-state index contributed by atoms with van der Waals surface area (Å²) in [6.45, 7) is 0. The fraction of sp³-hybridized carbons (Fsp3) is 0.250. The number of H-pyrrole nitrogens is 1. The number of allylic oxidation sites excluding steroid dienone is 1. The minimum absolute atomic E-state index is 0.0188. The van der Waals surface area contributed by atoms with E-state index in [1.807, 2.05) is 0 Å². The van der Waals surface area contributed by atoms with Crippen molar-refractivity contribution in [3.8, 4) is 17.6 Å². The number of ether oxygens (including phenoxy) is 1. The zero-order chi connectivity index (χ0) is 19.0. The Bertz CT molecular complexity index is 1170. The van der Waals surface area contributed by atoms with E-state index in [1.54, 1.807) is 29.5 Å². The monoisotopic (exact) mass is 379 g/mol. The summed E-state index contributed by atoms with van der Waals surface area (Å²) in [6, 6.07) is 6.88. The van der Waals surface area contributed by atoms with E-state index < -0.39 is 0 Å². The Kier molecular flexibility index (Phi) is 4.42. The van der Waals surface area contributed by atoms with Gasteiger partial charge in [0.1, 0.15) is 10.9 Å². The first-order valence-electron chi connectivity index (χ1n) is 8.64. The molecule has 2 heterocycles. The molecule has 0 atom stereocenters. The second-order valence-corrected chi connectivity index (χ2v) is 7.49. The smallest absolute Gasteiger partial charge is 0.260 e. The maximum atomic E-state index is 12.7. The maximum absolute atomic E-state index is 12.7. The molecule has 3 aromatic rings. The van der Waals surface area contributed by atoms with Gasteiger partial charge in [0, 0.05) is 4.88 Å². The summed E-state index contributed by atoms with van der Waals surface area (Å²) in [7, 11) is 1.46. The molecule has 27 heavy (non-hydrogen) atoms. The molecular formula is C20H17N3O3S. The van der Waals surface area contributed by atoms with Gasteiger partial charge >= 0.3 is 0 Å². The number of hydrogen-bond donors (Lipinski definition) is 2. The predicted molar refractivity (Wildman–Crippen MR) is 105 cm³/mol. The molecule has 0 amide bonds. The Labute approximate surface area is 159 Å². The minimum Gasteiger partial charge on any atom is -0.504 e. The lowest BCUT2D eigenvalue weighted by Crippen LogP contribution is -2.12. The number of hydrogen-bond acceptors (Lipinski definition) is 6.